The molecule has 0 saturated carbocycles. The molecule has 1 aliphatic carbocycles. The van der Waals surface area contributed by atoms with Crippen LogP contribution in [0.25, 0.3) is 11.1 Å². The highest BCUT2D eigenvalue weighted by molar-refractivity contribution is 5.88. The average Bonchev–Trinajstić information content (AvgIpc) is 3.30. The van der Waals surface area contributed by atoms with E-state index in [0.717, 1.165) is 29.9 Å². The number of nitrogens with zero attached hydrogens (tertiary/aromatic N) is 1. The summed E-state index contributed by atoms with van der Waals surface area (Å²) < 4.78 is 11.1. The second kappa shape index (κ2) is 14.0. The molecule has 1 aliphatic rings. The first kappa shape index (κ1) is 32.5. The van der Waals surface area contributed by atoms with Crippen LogP contribution in [-0.4, -0.2) is 25.2 Å². The Morgan fingerprint density at radius 1 is 0.630 bits per heavy atom. The molecule has 0 saturated heterocycles. The third-order valence-corrected chi connectivity index (χ3v) is 8.69. The number of benzene rings is 4. The Labute approximate surface area is 273 Å². The summed E-state index contributed by atoms with van der Waals surface area (Å²) in [5.41, 5.74) is 10.9. The van der Waals surface area contributed by atoms with Gasteiger partial charge in [0.05, 0.1) is 13.2 Å². The molecule has 0 aromatic heterocycles. The SMILES string of the molecule is C=C(C)C(=O)OCCCC1(CCCOC(=O)C(=C)C)c2ccccc2-c2ccc(N(c3cccc(C)c3)c3cccc(C)c3)cc21. The Bertz CT molecular complexity index is 1710. The lowest BCUT2D eigenvalue weighted by atomic mass is 9.71. The Hall–Kier alpha value is -4.90. The fourth-order valence-corrected chi connectivity index (χ4v) is 6.55. The Balaban J connectivity index is 1.60. The summed E-state index contributed by atoms with van der Waals surface area (Å²) in [6.45, 7) is 15.6. The lowest BCUT2D eigenvalue weighted by molar-refractivity contribution is -0.139. The van der Waals surface area contributed by atoms with E-state index in [-0.39, 0.29) is 17.4 Å². The predicted molar refractivity (Wildman–Crippen MR) is 187 cm³/mol. The molecule has 0 unspecified atom stereocenters. The first-order valence-electron chi connectivity index (χ1n) is 15.9. The number of hydrogen-bond acceptors (Lipinski definition) is 5. The van der Waals surface area contributed by atoms with E-state index in [1.165, 1.54) is 33.4 Å². The fourth-order valence-electron chi connectivity index (χ4n) is 6.55. The number of carbonyl (C=O) groups excluding carboxylic acids is 2. The van der Waals surface area contributed by atoms with E-state index in [1.54, 1.807) is 13.8 Å². The molecule has 5 nitrogen and oxygen atoms in total. The highest BCUT2D eigenvalue weighted by Crippen LogP contribution is 2.55. The van der Waals surface area contributed by atoms with Gasteiger partial charge in [0.1, 0.15) is 0 Å². The van der Waals surface area contributed by atoms with Crippen molar-refractivity contribution in [1.29, 1.82) is 0 Å². The summed E-state index contributed by atoms with van der Waals surface area (Å²) in [6, 6.07) is 32.5. The second-order valence-electron chi connectivity index (χ2n) is 12.4. The van der Waals surface area contributed by atoms with Gasteiger partial charge in [0.25, 0.3) is 0 Å². The third kappa shape index (κ3) is 6.84. The fraction of sp³-hybridized carbons (Fsp3) is 0.268. The maximum atomic E-state index is 12.2. The van der Waals surface area contributed by atoms with E-state index in [1.807, 2.05) is 0 Å². The minimum absolute atomic E-state index is 0.300. The van der Waals surface area contributed by atoms with Crippen LogP contribution >= 0.6 is 0 Å². The van der Waals surface area contributed by atoms with Gasteiger partial charge in [-0.15, -0.1) is 0 Å². The highest BCUT2D eigenvalue weighted by atomic mass is 16.5. The number of carbonyl (C=O) groups is 2. The molecule has 5 heteroatoms. The molecule has 0 amide bonds. The van der Waals surface area contributed by atoms with Gasteiger partial charge in [0.15, 0.2) is 0 Å². The van der Waals surface area contributed by atoms with Crippen LogP contribution in [0.1, 0.15) is 61.8 Å². The molecule has 5 rings (SSSR count). The minimum atomic E-state index is -0.377. The molecule has 0 fully saturated rings. The van der Waals surface area contributed by atoms with Crippen LogP contribution < -0.4 is 4.90 Å². The Kier molecular flexibility index (Phi) is 9.91. The number of ether oxygens (including phenoxy) is 2. The van der Waals surface area contributed by atoms with Crippen molar-refractivity contribution in [2.24, 2.45) is 0 Å². The maximum absolute atomic E-state index is 12.2. The molecule has 4 aromatic carbocycles. The van der Waals surface area contributed by atoms with Gasteiger partial charge in [0.2, 0.25) is 0 Å². The highest BCUT2D eigenvalue weighted by Gasteiger charge is 2.42. The van der Waals surface area contributed by atoms with Gasteiger partial charge < -0.3 is 14.4 Å². The summed E-state index contributed by atoms with van der Waals surface area (Å²) in [4.78, 5) is 26.7. The molecule has 0 aliphatic heterocycles. The molecule has 0 atom stereocenters. The number of hydrogen-bond donors (Lipinski definition) is 0. The van der Waals surface area contributed by atoms with Crippen molar-refractivity contribution in [2.75, 3.05) is 18.1 Å². The van der Waals surface area contributed by atoms with Crippen molar-refractivity contribution in [1.82, 2.24) is 0 Å². The topological polar surface area (TPSA) is 55.8 Å². The summed E-state index contributed by atoms with van der Waals surface area (Å²) in [6.07, 6.45) is 2.85. The largest absolute Gasteiger partial charge is 0.462 e. The maximum Gasteiger partial charge on any atom is 0.333 e. The van der Waals surface area contributed by atoms with Crippen molar-refractivity contribution in [3.05, 3.63) is 138 Å². The number of rotatable bonds is 13. The van der Waals surface area contributed by atoms with Gasteiger partial charge in [-0.25, -0.2) is 9.59 Å². The molecule has 0 bridgehead atoms. The standard InChI is InChI=1S/C41H43NO4/c1-28(2)39(43)45-23-11-21-41(22-12-24-46-40(44)29(3)4)37-18-8-7-17-35(37)36-20-19-34(27-38(36)41)42(32-15-9-13-30(5)25-32)33-16-10-14-31(6)26-33/h7-10,13-20,25-27H,1,3,11-12,21-24H2,2,4-6H3. The van der Waals surface area contributed by atoms with Gasteiger partial charge in [-0.3, -0.25) is 0 Å². The van der Waals surface area contributed by atoms with Crippen LogP contribution in [0.2, 0.25) is 0 Å². The molecule has 236 valence electrons. The summed E-state index contributed by atoms with van der Waals surface area (Å²) in [5, 5.41) is 0. The first-order chi connectivity index (χ1) is 22.1. The molecule has 0 radical (unpaired) electrons. The van der Waals surface area contributed by atoms with Crippen molar-refractivity contribution < 1.29 is 19.1 Å². The Morgan fingerprint density at radius 3 is 1.65 bits per heavy atom. The van der Waals surface area contributed by atoms with Crippen LogP contribution in [0.4, 0.5) is 17.1 Å². The first-order valence-corrected chi connectivity index (χ1v) is 15.9. The van der Waals surface area contributed by atoms with Crippen LogP contribution in [0, 0.1) is 13.8 Å². The lowest BCUT2D eigenvalue weighted by Crippen LogP contribution is -2.27. The van der Waals surface area contributed by atoms with Gasteiger partial charge in [0, 0.05) is 33.6 Å². The third-order valence-electron chi connectivity index (χ3n) is 8.69. The zero-order valence-electron chi connectivity index (χ0n) is 27.4. The normalized spacial score (nSPS) is 12.5. The van der Waals surface area contributed by atoms with E-state index < -0.39 is 0 Å². The van der Waals surface area contributed by atoms with Gasteiger partial charge in [-0.2, -0.15) is 0 Å². The lowest BCUT2D eigenvalue weighted by Gasteiger charge is -2.34. The summed E-state index contributed by atoms with van der Waals surface area (Å²) in [7, 11) is 0. The zero-order valence-corrected chi connectivity index (χ0v) is 27.4. The predicted octanol–water partition coefficient (Wildman–Crippen LogP) is 9.84. The molecule has 0 spiro atoms. The van der Waals surface area contributed by atoms with E-state index in [2.05, 4.69) is 123 Å². The molecular weight excluding hydrogens is 570 g/mol. The van der Waals surface area contributed by atoms with Gasteiger partial charge in [-0.05, 0) is 123 Å². The van der Waals surface area contributed by atoms with Crippen LogP contribution in [-0.2, 0) is 24.5 Å². The molecule has 4 aromatic rings. The molecule has 46 heavy (non-hydrogen) atoms. The molecular formula is C41H43NO4. The van der Waals surface area contributed by atoms with E-state index in [0.29, 0.717) is 37.2 Å². The van der Waals surface area contributed by atoms with Gasteiger partial charge >= 0.3 is 11.9 Å². The smallest absolute Gasteiger partial charge is 0.333 e. The van der Waals surface area contributed by atoms with Crippen molar-refractivity contribution >= 4 is 29.0 Å². The van der Waals surface area contributed by atoms with Crippen molar-refractivity contribution in [3.8, 4) is 11.1 Å². The van der Waals surface area contributed by atoms with E-state index in [9.17, 15) is 9.59 Å². The van der Waals surface area contributed by atoms with Crippen LogP contribution in [0.15, 0.2) is 115 Å². The van der Waals surface area contributed by atoms with Crippen LogP contribution in [0.3, 0.4) is 0 Å². The minimum Gasteiger partial charge on any atom is -0.462 e. The second-order valence-corrected chi connectivity index (χ2v) is 12.4. The van der Waals surface area contributed by atoms with Crippen LogP contribution in [0.5, 0.6) is 0 Å². The van der Waals surface area contributed by atoms with Crippen molar-refractivity contribution in [2.45, 2.75) is 58.8 Å². The monoisotopic (exact) mass is 613 g/mol. The zero-order chi connectivity index (χ0) is 32.8. The number of esters is 2. The average molecular weight is 614 g/mol. The molecule has 0 N–H and O–H groups in total. The molecule has 0 heterocycles. The Morgan fingerprint density at radius 2 is 1.13 bits per heavy atom. The van der Waals surface area contributed by atoms with Gasteiger partial charge in [-0.1, -0.05) is 67.8 Å². The van der Waals surface area contributed by atoms with Crippen molar-refractivity contribution in [3.63, 3.8) is 0 Å². The quantitative estimate of drug-likeness (QED) is 0.0853. The van der Waals surface area contributed by atoms with E-state index >= 15 is 0 Å². The summed E-state index contributed by atoms with van der Waals surface area (Å²) >= 11 is 0. The summed E-state index contributed by atoms with van der Waals surface area (Å²) in [5.74, 6) is -0.746. The number of anilines is 3. The number of aryl methyl sites for hydroxylation is 2. The van der Waals surface area contributed by atoms with E-state index in [4.69, 9.17) is 9.47 Å². The number of fused-ring (bicyclic) bond motifs is 3.